The van der Waals surface area contributed by atoms with Gasteiger partial charge in [0.05, 0.1) is 28.8 Å². The van der Waals surface area contributed by atoms with Crippen LogP contribution in [0.5, 0.6) is 11.6 Å². The zero-order valence-electron chi connectivity index (χ0n) is 10.4. The number of nitrogens with zero attached hydrogens (tertiary/aromatic N) is 3. The molecule has 0 aliphatic carbocycles. The van der Waals surface area contributed by atoms with Gasteiger partial charge in [-0.25, -0.2) is 9.07 Å². The second-order valence-electron chi connectivity index (χ2n) is 3.99. The van der Waals surface area contributed by atoms with Gasteiger partial charge in [0.1, 0.15) is 0 Å². The molecule has 0 N–H and O–H groups in total. The van der Waals surface area contributed by atoms with Gasteiger partial charge in [-0.15, -0.1) is 11.6 Å². The van der Waals surface area contributed by atoms with E-state index in [0.29, 0.717) is 11.4 Å². The van der Waals surface area contributed by atoms with E-state index >= 15 is 0 Å². The minimum atomic E-state index is -0.599. The smallest absolute Gasteiger partial charge is 0.222 e. The van der Waals surface area contributed by atoms with Crippen molar-refractivity contribution in [3.05, 3.63) is 40.8 Å². The summed E-state index contributed by atoms with van der Waals surface area (Å²) in [5, 5.41) is 12.9. The summed E-state index contributed by atoms with van der Waals surface area (Å²) in [6.45, 7) is 1.81. The van der Waals surface area contributed by atoms with Crippen molar-refractivity contribution in [2.45, 2.75) is 12.8 Å². The average Bonchev–Trinajstić information content (AvgIpc) is 2.66. The van der Waals surface area contributed by atoms with Crippen molar-refractivity contribution < 1.29 is 9.13 Å². The minimum Gasteiger partial charge on any atom is -0.436 e. The number of alkyl halides is 1. The van der Waals surface area contributed by atoms with Gasteiger partial charge in [0, 0.05) is 7.05 Å². The van der Waals surface area contributed by atoms with Gasteiger partial charge in [0.2, 0.25) is 5.88 Å². The second-order valence-corrected chi connectivity index (χ2v) is 4.25. The second kappa shape index (κ2) is 5.29. The maximum Gasteiger partial charge on any atom is 0.222 e. The van der Waals surface area contributed by atoms with Crippen LogP contribution < -0.4 is 4.74 Å². The Morgan fingerprint density at radius 1 is 1.53 bits per heavy atom. The van der Waals surface area contributed by atoms with Crippen molar-refractivity contribution in [2.24, 2.45) is 7.05 Å². The van der Waals surface area contributed by atoms with E-state index < -0.39 is 5.82 Å². The number of aromatic nitrogens is 2. The first-order valence-electron chi connectivity index (χ1n) is 5.52. The SMILES string of the molecule is Cc1nn(C)c(Oc2ccc(C#N)cc2F)c1CCl. The molecule has 0 aliphatic heterocycles. The van der Waals surface area contributed by atoms with Crippen molar-refractivity contribution in [3.8, 4) is 17.7 Å². The molecule has 6 heteroatoms. The Balaban J connectivity index is 2.39. The lowest BCUT2D eigenvalue weighted by Crippen LogP contribution is -1.98. The van der Waals surface area contributed by atoms with Crippen molar-refractivity contribution in [2.75, 3.05) is 0 Å². The minimum absolute atomic E-state index is 0.0355. The third kappa shape index (κ3) is 2.54. The first-order valence-corrected chi connectivity index (χ1v) is 6.06. The molecule has 1 aromatic heterocycles. The lowest BCUT2D eigenvalue weighted by atomic mass is 10.2. The van der Waals surface area contributed by atoms with E-state index in [0.717, 1.165) is 11.8 Å². The summed E-state index contributed by atoms with van der Waals surface area (Å²) in [4.78, 5) is 0. The van der Waals surface area contributed by atoms with Crippen molar-refractivity contribution in [1.82, 2.24) is 9.78 Å². The molecule has 0 fully saturated rings. The number of aryl methyl sites for hydroxylation is 2. The zero-order valence-corrected chi connectivity index (χ0v) is 11.2. The molecule has 0 unspecified atom stereocenters. The molecule has 0 bridgehead atoms. The van der Waals surface area contributed by atoms with Gasteiger partial charge in [-0.3, -0.25) is 0 Å². The van der Waals surface area contributed by atoms with Crippen LogP contribution in [0.1, 0.15) is 16.8 Å². The highest BCUT2D eigenvalue weighted by atomic mass is 35.5. The van der Waals surface area contributed by atoms with Crippen LogP contribution in [0.2, 0.25) is 0 Å². The lowest BCUT2D eigenvalue weighted by molar-refractivity contribution is 0.401. The molecule has 1 aromatic carbocycles. The van der Waals surface area contributed by atoms with Gasteiger partial charge in [0.15, 0.2) is 11.6 Å². The van der Waals surface area contributed by atoms with E-state index in [1.54, 1.807) is 14.0 Å². The van der Waals surface area contributed by atoms with E-state index in [-0.39, 0.29) is 17.2 Å². The first kappa shape index (κ1) is 13.4. The van der Waals surface area contributed by atoms with Crippen LogP contribution in [0.25, 0.3) is 0 Å². The Hall–Kier alpha value is -2.06. The number of hydrogen-bond donors (Lipinski definition) is 0. The molecule has 98 valence electrons. The standard InChI is InChI=1S/C13H11ClFN3O/c1-8-10(6-14)13(18(2)17-8)19-12-4-3-9(7-16)5-11(12)15/h3-5H,6H2,1-2H3. The molecule has 1 heterocycles. The van der Waals surface area contributed by atoms with Crippen LogP contribution in [-0.2, 0) is 12.9 Å². The fourth-order valence-corrected chi connectivity index (χ4v) is 2.03. The Morgan fingerprint density at radius 3 is 2.84 bits per heavy atom. The average molecular weight is 280 g/mol. The molecule has 2 rings (SSSR count). The molecule has 0 spiro atoms. The highest BCUT2D eigenvalue weighted by Gasteiger charge is 2.16. The number of nitriles is 1. The number of rotatable bonds is 3. The lowest BCUT2D eigenvalue weighted by Gasteiger charge is -2.08. The topological polar surface area (TPSA) is 50.8 Å². The Bertz CT molecular complexity index is 661. The van der Waals surface area contributed by atoms with E-state index in [1.807, 2.05) is 6.07 Å². The van der Waals surface area contributed by atoms with Crippen LogP contribution in [0.15, 0.2) is 18.2 Å². The number of benzene rings is 1. The van der Waals surface area contributed by atoms with Crippen molar-refractivity contribution in [1.29, 1.82) is 5.26 Å². The molecule has 0 aliphatic rings. The Kier molecular flexibility index (Phi) is 3.72. The summed E-state index contributed by atoms with van der Waals surface area (Å²) in [5.41, 5.74) is 1.69. The third-order valence-electron chi connectivity index (χ3n) is 2.69. The van der Waals surface area contributed by atoms with Crippen LogP contribution in [0.4, 0.5) is 4.39 Å². The first-order chi connectivity index (χ1) is 9.06. The Morgan fingerprint density at radius 2 is 2.26 bits per heavy atom. The normalized spacial score (nSPS) is 10.3. The molecular weight excluding hydrogens is 269 g/mol. The summed E-state index contributed by atoms with van der Waals surface area (Å²) < 4.78 is 20.8. The zero-order chi connectivity index (χ0) is 14.0. The third-order valence-corrected chi connectivity index (χ3v) is 2.96. The fourth-order valence-electron chi connectivity index (χ4n) is 1.72. The predicted molar refractivity (Wildman–Crippen MR) is 68.7 cm³/mol. The van der Waals surface area contributed by atoms with Gasteiger partial charge in [-0.2, -0.15) is 10.4 Å². The van der Waals surface area contributed by atoms with E-state index in [2.05, 4.69) is 5.10 Å². The van der Waals surface area contributed by atoms with Crippen LogP contribution in [0.3, 0.4) is 0 Å². The molecule has 0 saturated carbocycles. The number of halogens is 2. The molecule has 19 heavy (non-hydrogen) atoms. The maximum absolute atomic E-state index is 13.8. The van der Waals surface area contributed by atoms with Crippen LogP contribution in [-0.4, -0.2) is 9.78 Å². The van der Waals surface area contributed by atoms with Gasteiger partial charge in [-0.1, -0.05) is 0 Å². The molecule has 0 radical (unpaired) electrons. The monoisotopic (exact) mass is 279 g/mol. The van der Waals surface area contributed by atoms with E-state index in [1.165, 1.54) is 16.8 Å². The maximum atomic E-state index is 13.8. The van der Waals surface area contributed by atoms with Gasteiger partial charge in [-0.05, 0) is 25.1 Å². The summed E-state index contributed by atoms with van der Waals surface area (Å²) >= 11 is 5.83. The summed E-state index contributed by atoms with van der Waals surface area (Å²) in [6, 6.07) is 5.89. The van der Waals surface area contributed by atoms with E-state index in [4.69, 9.17) is 21.6 Å². The highest BCUT2D eigenvalue weighted by molar-refractivity contribution is 6.17. The summed E-state index contributed by atoms with van der Waals surface area (Å²) in [6.07, 6.45) is 0. The van der Waals surface area contributed by atoms with Crippen molar-refractivity contribution in [3.63, 3.8) is 0 Å². The van der Waals surface area contributed by atoms with Gasteiger partial charge >= 0.3 is 0 Å². The summed E-state index contributed by atoms with van der Waals surface area (Å²) in [7, 11) is 1.69. The molecule has 0 saturated heterocycles. The Labute approximate surface area is 115 Å². The largest absolute Gasteiger partial charge is 0.436 e. The highest BCUT2D eigenvalue weighted by Crippen LogP contribution is 2.30. The van der Waals surface area contributed by atoms with E-state index in [9.17, 15) is 4.39 Å². The number of ether oxygens (including phenoxy) is 1. The van der Waals surface area contributed by atoms with Crippen LogP contribution in [0, 0.1) is 24.1 Å². The predicted octanol–water partition coefficient (Wildman–Crippen LogP) is 3.27. The summed E-state index contributed by atoms with van der Waals surface area (Å²) in [5.74, 6) is 0.0651. The van der Waals surface area contributed by atoms with Gasteiger partial charge in [0.25, 0.3) is 0 Å². The quantitative estimate of drug-likeness (QED) is 0.810. The fraction of sp³-hybridized carbons (Fsp3) is 0.231. The molecule has 0 amide bonds. The molecule has 4 nitrogen and oxygen atoms in total. The molecular formula is C13H11ClFN3O. The van der Waals surface area contributed by atoms with Gasteiger partial charge < -0.3 is 4.74 Å². The number of hydrogen-bond acceptors (Lipinski definition) is 3. The van der Waals surface area contributed by atoms with Crippen LogP contribution >= 0.6 is 11.6 Å². The molecule has 2 aromatic rings. The molecule has 0 atom stereocenters. The van der Waals surface area contributed by atoms with Crippen molar-refractivity contribution >= 4 is 11.6 Å².